The summed E-state index contributed by atoms with van der Waals surface area (Å²) in [4.78, 5) is 33.6. The van der Waals surface area contributed by atoms with Crippen LogP contribution in [-0.4, -0.2) is 62.4 Å². The maximum atomic E-state index is 13.6. The van der Waals surface area contributed by atoms with Gasteiger partial charge in [0.25, 0.3) is 0 Å². The summed E-state index contributed by atoms with van der Waals surface area (Å²) in [5.74, 6) is -0.988. The molecule has 9 nitrogen and oxygen atoms in total. The van der Waals surface area contributed by atoms with Gasteiger partial charge in [0.15, 0.2) is 0 Å². The zero-order valence-electron chi connectivity index (χ0n) is 20.8. The maximum Gasteiger partial charge on any atom is 0.243 e. The highest BCUT2D eigenvalue weighted by Gasteiger charge is 2.43. The number of aliphatic hydroxyl groups excluding tert-OH is 2. The van der Waals surface area contributed by atoms with Gasteiger partial charge in [0.1, 0.15) is 17.7 Å². The number of carbonyl (C=O) groups excluding carboxylic acids is 2. The molecular formula is C26H32N4O5S. The van der Waals surface area contributed by atoms with E-state index in [9.17, 15) is 19.8 Å². The van der Waals surface area contributed by atoms with Gasteiger partial charge in [-0.05, 0) is 30.9 Å². The van der Waals surface area contributed by atoms with Crippen LogP contribution in [0, 0.1) is 19.8 Å². The second-order valence-corrected chi connectivity index (χ2v) is 10.5. The van der Waals surface area contributed by atoms with Crippen molar-refractivity contribution in [2.24, 2.45) is 5.92 Å². The molecule has 0 unspecified atom stereocenters. The van der Waals surface area contributed by atoms with Gasteiger partial charge in [0.2, 0.25) is 11.8 Å². The number of likely N-dealkylation sites (tertiary alicyclic amines) is 1. The average Bonchev–Trinajstić information content (AvgIpc) is 3.57. The number of nitrogens with zero attached hydrogens (tertiary/aromatic N) is 3. The number of amides is 2. The van der Waals surface area contributed by atoms with Crippen molar-refractivity contribution in [2.75, 3.05) is 13.2 Å². The van der Waals surface area contributed by atoms with E-state index < -0.39 is 30.0 Å². The third-order valence-corrected chi connectivity index (χ3v) is 7.55. The van der Waals surface area contributed by atoms with Crippen molar-refractivity contribution in [3.63, 3.8) is 0 Å². The second-order valence-electron chi connectivity index (χ2n) is 9.62. The van der Waals surface area contributed by atoms with Crippen molar-refractivity contribution in [1.29, 1.82) is 0 Å². The molecule has 3 aromatic rings. The average molecular weight is 513 g/mol. The first kappa shape index (κ1) is 26.0. The molecule has 3 heterocycles. The lowest BCUT2D eigenvalue weighted by Crippen LogP contribution is -2.49. The Morgan fingerprint density at radius 1 is 1.25 bits per heavy atom. The minimum absolute atomic E-state index is 0.0555. The highest BCUT2D eigenvalue weighted by atomic mass is 32.1. The summed E-state index contributed by atoms with van der Waals surface area (Å²) in [6.45, 7) is 7.29. The van der Waals surface area contributed by atoms with Gasteiger partial charge >= 0.3 is 0 Å². The standard InChI is InChI=1S/C26H32N4O5S/c1-14(2)23(22-9-15(3)29-35-22)26(34)30-11-19(32)10-21(30)25(33)28-20(12-31)17-5-7-18(8-6-17)24-16(4)27-13-36-24/h5-9,13-14,19-21,23,31-32H,10-12H2,1-4H3,(H,28,33)/t19-,20+,21+,23-/m1/s1. The Kier molecular flexibility index (Phi) is 7.87. The Balaban J connectivity index is 1.50. The lowest BCUT2D eigenvalue weighted by atomic mass is 9.91. The first-order chi connectivity index (χ1) is 17.2. The number of carbonyl (C=O) groups is 2. The molecule has 4 rings (SSSR count). The van der Waals surface area contributed by atoms with E-state index in [2.05, 4.69) is 15.5 Å². The Bertz CT molecular complexity index is 1210. The molecule has 1 fully saturated rings. The van der Waals surface area contributed by atoms with Crippen LogP contribution in [0.15, 0.2) is 40.4 Å². The summed E-state index contributed by atoms with van der Waals surface area (Å²) in [5.41, 5.74) is 5.17. The third-order valence-electron chi connectivity index (χ3n) is 6.57. The molecule has 2 amide bonds. The zero-order valence-corrected chi connectivity index (χ0v) is 21.7. The number of hydrogen-bond acceptors (Lipinski definition) is 8. The molecule has 0 bridgehead atoms. The summed E-state index contributed by atoms with van der Waals surface area (Å²) < 4.78 is 5.38. The largest absolute Gasteiger partial charge is 0.394 e. The number of hydrogen-bond donors (Lipinski definition) is 3. The number of aryl methyl sites for hydroxylation is 2. The Morgan fingerprint density at radius 3 is 2.53 bits per heavy atom. The van der Waals surface area contributed by atoms with Gasteiger partial charge in [0, 0.05) is 19.0 Å². The molecule has 1 aliphatic heterocycles. The van der Waals surface area contributed by atoms with Crippen LogP contribution in [-0.2, 0) is 9.59 Å². The van der Waals surface area contributed by atoms with E-state index in [0.29, 0.717) is 11.5 Å². The van der Waals surface area contributed by atoms with Crippen LogP contribution in [0.5, 0.6) is 0 Å². The van der Waals surface area contributed by atoms with Crippen LogP contribution < -0.4 is 5.32 Å². The molecule has 4 atom stereocenters. The van der Waals surface area contributed by atoms with Gasteiger partial charge in [-0.15, -0.1) is 11.3 Å². The van der Waals surface area contributed by atoms with Crippen molar-refractivity contribution in [3.8, 4) is 10.4 Å². The molecule has 0 spiro atoms. The normalized spacial score (nSPS) is 19.5. The first-order valence-corrected chi connectivity index (χ1v) is 12.9. The van der Waals surface area contributed by atoms with Crippen LogP contribution in [0.1, 0.15) is 54.9 Å². The summed E-state index contributed by atoms with van der Waals surface area (Å²) in [6, 6.07) is 7.82. The highest BCUT2D eigenvalue weighted by molar-refractivity contribution is 7.13. The molecule has 10 heteroatoms. The van der Waals surface area contributed by atoms with Crippen molar-refractivity contribution in [1.82, 2.24) is 20.4 Å². The molecule has 1 aromatic carbocycles. The summed E-state index contributed by atoms with van der Waals surface area (Å²) >= 11 is 1.56. The molecule has 3 N–H and O–H groups in total. The van der Waals surface area contributed by atoms with Gasteiger partial charge in [-0.1, -0.05) is 43.3 Å². The van der Waals surface area contributed by atoms with Crippen LogP contribution in [0.2, 0.25) is 0 Å². The Morgan fingerprint density at radius 2 is 1.97 bits per heavy atom. The van der Waals surface area contributed by atoms with Gasteiger partial charge in [-0.3, -0.25) is 9.59 Å². The summed E-state index contributed by atoms with van der Waals surface area (Å²) in [5, 5.41) is 27.2. The molecule has 1 saturated heterocycles. The number of benzene rings is 1. The quantitative estimate of drug-likeness (QED) is 0.423. The number of nitrogens with one attached hydrogen (secondary N) is 1. The van der Waals surface area contributed by atoms with E-state index in [1.807, 2.05) is 45.0 Å². The topological polar surface area (TPSA) is 129 Å². The van der Waals surface area contributed by atoms with Gasteiger partial charge in [-0.2, -0.15) is 0 Å². The smallest absolute Gasteiger partial charge is 0.243 e. The minimum Gasteiger partial charge on any atom is -0.394 e. The lowest BCUT2D eigenvalue weighted by molar-refractivity contribution is -0.141. The van der Waals surface area contributed by atoms with Crippen LogP contribution in [0.4, 0.5) is 0 Å². The predicted molar refractivity (Wildman–Crippen MR) is 135 cm³/mol. The van der Waals surface area contributed by atoms with E-state index in [1.165, 1.54) is 4.90 Å². The molecule has 192 valence electrons. The van der Waals surface area contributed by atoms with Gasteiger partial charge in [-0.25, -0.2) is 4.98 Å². The van der Waals surface area contributed by atoms with Gasteiger partial charge in [0.05, 0.1) is 40.5 Å². The monoisotopic (exact) mass is 512 g/mol. The molecule has 2 aromatic heterocycles. The predicted octanol–water partition coefficient (Wildman–Crippen LogP) is 2.97. The van der Waals surface area contributed by atoms with E-state index >= 15 is 0 Å². The van der Waals surface area contributed by atoms with E-state index in [4.69, 9.17) is 4.52 Å². The summed E-state index contributed by atoms with van der Waals surface area (Å²) in [6.07, 6.45) is -0.692. The highest BCUT2D eigenvalue weighted by Crippen LogP contribution is 2.32. The molecule has 0 aliphatic carbocycles. The fourth-order valence-electron chi connectivity index (χ4n) is 4.70. The van der Waals surface area contributed by atoms with E-state index in [-0.39, 0.29) is 31.4 Å². The van der Waals surface area contributed by atoms with E-state index in [1.54, 1.807) is 29.8 Å². The SMILES string of the molecule is Cc1cc([C@H](C(=O)N2C[C@H](O)C[C@H]2C(=O)N[C@@H](CO)c2ccc(-c3scnc3C)cc2)C(C)C)on1. The number of aromatic nitrogens is 2. The van der Waals surface area contributed by atoms with Crippen molar-refractivity contribution in [3.05, 3.63) is 58.6 Å². The first-order valence-electron chi connectivity index (χ1n) is 12.0. The maximum absolute atomic E-state index is 13.6. The molecular weight excluding hydrogens is 480 g/mol. The lowest BCUT2D eigenvalue weighted by Gasteiger charge is -2.29. The molecule has 1 aliphatic rings. The van der Waals surface area contributed by atoms with Crippen LogP contribution in [0.3, 0.4) is 0 Å². The number of rotatable bonds is 8. The number of β-amino-alcohol motifs (C(OH)–C–C–N with tert-alkyl or cyclic N) is 1. The fraction of sp³-hybridized carbons (Fsp3) is 0.462. The molecule has 0 radical (unpaired) electrons. The van der Waals surface area contributed by atoms with Crippen molar-refractivity contribution < 1.29 is 24.3 Å². The minimum atomic E-state index is -0.856. The number of aliphatic hydroxyl groups is 2. The number of thiazole rings is 1. The van der Waals surface area contributed by atoms with Gasteiger partial charge < -0.3 is 25.0 Å². The fourth-order valence-corrected chi connectivity index (χ4v) is 5.51. The second kappa shape index (κ2) is 10.9. The van der Waals surface area contributed by atoms with E-state index in [0.717, 1.165) is 21.7 Å². The Labute approximate surface area is 214 Å². The van der Waals surface area contributed by atoms with Crippen molar-refractivity contribution in [2.45, 2.75) is 58.2 Å². The molecule has 36 heavy (non-hydrogen) atoms. The third kappa shape index (κ3) is 5.35. The zero-order chi connectivity index (χ0) is 26.0. The van der Waals surface area contributed by atoms with Crippen LogP contribution >= 0.6 is 11.3 Å². The van der Waals surface area contributed by atoms with Crippen LogP contribution in [0.25, 0.3) is 10.4 Å². The van der Waals surface area contributed by atoms with Crippen molar-refractivity contribution >= 4 is 23.2 Å². The summed E-state index contributed by atoms with van der Waals surface area (Å²) in [7, 11) is 0. The Hall–Kier alpha value is -3.08. The molecule has 0 saturated carbocycles.